The SMILES string of the molecule is CCCCCCCCCCCCCC=C1C(=O)OC2(C)OC(CCCCCCCCCCCCC)OC12. The topological polar surface area (TPSA) is 44.8 Å². The normalized spacial score (nSPS) is 24.2. The van der Waals surface area contributed by atoms with Crippen LogP contribution in [0, 0.1) is 0 Å². The van der Waals surface area contributed by atoms with Crippen molar-refractivity contribution in [2.45, 2.75) is 193 Å². The van der Waals surface area contributed by atoms with Crippen LogP contribution >= 0.6 is 0 Å². The van der Waals surface area contributed by atoms with Gasteiger partial charge in [0.15, 0.2) is 12.4 Å². The number of unbranched alkanes of at least 4 members (excludes halogenated alkanes) is 21. The summed E-state index contributed by atoms with van der Waals surface area (Å²) in [5, 5.41) is 0. The highest BCUT2D eigenvalue weighted by Crippen LogP contribution is 2.42. The molecule has 2 rings (SSSR count). The summed E-state index contributed by atoms with van der Waals surface area (Å²) >= 11 is 0. The lowest BCUT2D eigenvalue weighted by Gasteiger charge is -2.19. The summed E-state index contributed by atoms with van der Waals surface area (Å²) in [6.45, 7) is 6.41. The van der Waals surface area contributed by atoms with Gasteiger partial charge in [0.1, 0.15) is 0 Å². The Morgan fingerprint density at radius 1 is 0.649 bits per heavy atom. The van der Waals surface area contributed by atoms with E-state index in [1.54, 1.807) is 0 Å². The van der Waals surface area contributed by atoms with Gasteiger partial charge in [-0.2, -0.15) is 0 Å². The minimum Gasteiger partial charge on any atom is -0.427 e. The van der Waals surface area contributed by atoms with Crippen molar-refractivity contribution in [2.24, 2.45) is 0 Å². The van der Waals surface area contributed by atoms with Crippen molar-refractivity contribution >= 4 is 5.97 Å². The van der Waals surface area contributed by atoms with E-state index in [1.807, 2.05) is 6.92 Å². The van der Waals surface area contributed by atoms with Crippen LogP contribution in [0.1, 0.15) is 175 Å². The first kappa shape index (κ1) is 32.3. The molecule has 4 heteroatoms. The van der Waals surface area contributed by atoms with Gasteiger partial charge in [-0.05, 0) is 25.7 Å². The zero-order chi connectivity index (χ0) is 26.6. The van der Waals surface area contributed by atoms with Gasteiger partial charge < -0.3 is 14.2 Å². The molecular formula is C33H60O4. The molecule has 2 aliphatic heterocycles. The molecule has 0 aliphatic carbocycles. The third-order valence-corrected chi connectivity index (χ3v) is 8.16. The van der Waals surface area contributed by atoms with E-state index in [1.165, 1.54) is 128 Å². The van der Waals surface area contributed by atoms with Crippen molar-refractivity contribution in [3.8, 4) is 0 Å². The molecule has 0 amide bonds. The molecular weight excluding hydrogens is 460 g/mol. The molecule has 2 fully saturated rings. The highest BCUT2D eigenvalue weighted by Gasteiger charge is 2.58. The van der Waals surface area contributed by atoms with Gasteiger partial charge in [-0.25, -0.2) is 4.79 Å². The third kappa shape index (κ3) is 13.2. The maximum atomic E-state index is 12.4. The monoisotopic (exact) mass is 520 g/mol. The Kier molecular flexibility index (Phi) is 17.6. The molecule has 0 bridgehead atoms. The lowest BCUT2D eigenvalue weighted by atomic mass is 10.0. The Morgan fingerprint density at radius 3 is 1.57 bits per heavy atom. The fourth-order valence-corrected chi connectivity index (χ4v) is 5.77. The lowest BCUT2D eigenvalue weighted by Crippen LogP contribution is -2.33. The van der Waals surface area contributed by atoms with Gasteiger partial charge in [0.2, 0.25) is 5.79 Å². The average molecular weight is 521 g/mol. The predicted molar refractivity (Wildman–Crippen MR) is 154 cm³/mol. The van der Waals surface area contributed by atoms with Crippen molar-refractivity contribution < 1.29 is 19.0 Å². The fraction of sp³-hybridized carbons (Fsp3) is 0.909. The molecule has 0 aromatic heterocycles. The molecule has 4 nitrogen and oxygen atoms in total. The number of hydrogen-bond acceptors (Lipinski definition) is 4. The van der Waals surface area contributed by atoms with Crippen molar-refractivity contribution in [1.82, 2.24) is 0 Å². The van der Waals surface area contributed by atoms with Gasteiger partial charge in [-0.1, -0.05) is 148 Å². The number of esters is 1. The highest BCUT2D eigenvalue weighted by molar-refractivity contribution is 5.92. The van der Waals surface area contributed by atoms with Crippen LogP contribution in [-0.4, -0.2) is 24.2 Å². The molecule has 0 N–H and O–H groups in total. The number of hydrogen-bond donors (Lipinski definition) is 0. The van der Waals surface area contributed by atoms with Crippen LogP contribution in [0.2, 0.25) is 0 Å². The molecule has 2 aliphatic rings. The number of rotatable bonds is 24. The molecule has 3 unspecified atom stereocenters. The van der Waals surface area contributed by atoms with Crippen molar-refractivity contribution in [1.29, 1.82) is 0 Å². The van der Waals surface area contributed by atoms with Crippen LogP contribution in [0.5, 0.6) is 0 Å². The van der Waals surface area contributed by atoms with E-state index in [2.05, 4.69) is 19.9 Å². The van der Waals surface area contributed by atoms with Gasteiger partial charge >= 0.3 is 5.97 Å². The van der Waals surface area contributed by atoms with E-state index < -0.39 is 5.79 Å². The Labute approximate surface area is 229 Å². The van der Waals surface area contributed by atoms with Crippen LogP contribution in [0.4, 0.5) is 0 Å². The Balaban J connectivity index is 1.51. The van der Waals surface area contributed by atoms with E-state index in [4.69, 9.17) is 14.2 Å². The second kappa shape index (κ2) is 20.1. The minimum atomic E-state index is -0.942. The van der Waals surface area contributed by atoms with Gasteiger partial charge in [0, 0.05) is 6.92 Å². The van der Waals surface area contributed by atoms with Gasteiger partial charge in [-0.15, -0.1) is 0 Å². The molecule has 0 spiro atoms. The quantitative estimate of drug-likeness (QED) is 0.0721. The molecule has 37 heavy (non-hydrogen) atoms. The second-order valence-corrected chi connectivity index (χ2v) is 11.8. The molecule has 2 saturated heterocycles. The third-order valence-electron chi connectivity index (χ3n) is 8.16. The lowest BCUT2D eigenvalue weighted by molar-refractivity contribution is -0.206. The Bertz CT molecular complexity index is 615. The molecule has 216 valence electrons. The minimum absolute atomic E-state index is 0.257. The van der Waals surface area contributed by atoms with Crippen LogP contribution in [0.25, 0.3) is 0 Å². The van der Waals surface area contributed by atoms with E-state index >= 15 is 0 Å². The molecule has 0 radical (unpaired) electrons. The average Bonchev–Trinajstić information content (AvgIpc) is 3.31. The molecule has 2 heterocycles. The summed E-state index contributed by atoms with van der Waals surface area (Å²) in [6, 6.07) is 0. The largest absolute Gasteiger partial charge is 0.427 e. The smallest absolute Gasteiger partial charge is 0.339 e. The van der Waals surface area contributed by atoms with E-state index in [-0.39, 0.29) is 18.4 Å². The van der Waals surface area contributed by atoms with Crippen molar-refractivity contribution in [3.05, 3.63) is 11.6 Å². The standard InChI is InChI=1S/C33H60O4/c1-4-6-8-10-12-14-16-18-19-21-23-25-27-29-31-33(3,37-32(29)34)36-30(35-31)28-26-24-22-20-17-15-13-11-9-7-5-2/h27,30-31H,4-26,28H2,1-3H3. The fourth-order valence-electron chi connectivity index (χ4n) is 5.77. The van der Waals surface area contributed by atoms with Crippen LogP contribution < -0.4 is 0 Å². The number of allylic oxidation sites excluding steroid dienone is 1. The summed E-state index contributed by atoms with van der Waals surface area (Å²) in [7, 11) is 0. The molecule has 0 aromatic carbocycles. The summed E-state index contributed by atoms with van der Waals surface area (Å²) in [5.74, 6) is -1.20. The maximum absolute atomic E-state index is 12.4. The maximum Gasteiger partial charge on any atom is 0.339 e. The zero-order valence-electron chi connectivity index (χ0n) is 24.8. The first-order chi connectivity index (χ1) is 18.1. The molecule has 0 saturated carbocycles. The van der Waals surface area contributed by atoms with Gasteiger partial charge in [0.05, 0.1) is 5.57 Å². The number of carbonyl (C=O) groups is 1. The van der Waals surface area contributed by atoms with Crippen LogP contribution in [0.15, 0.2) is 11.6 Å². The first-order valence-corrected chi connectivity index (χ1v) is 16.4. The van der Waals surface area contributed by atoms with E-state index in [0.29, 0.717) is 5.57 Å². The number of fused-ring (bicyclic) bond motifs is 1. The Morgan fingerprint density at radius 2 is 1.08 bits per heavy atom. The van der Waals surface area contributed by atoms with Gasteiger partial charge in [0.25, 0.3) is 0 Å². The van der Waals surface area contributed by atoms with Crippen LogP contribution in [0.3, 0.4) is 0 Å². The Hall–Kier alpha value is -0.870. The summed E-state index contributed by atoms with van der Waals surface area (Å²) in [6.07, 6.45) is 32.5. The predicted octanol–water partition coefficient (Wildman–Crippen LogP) is 10.3. The van der Waals surface area contributed by atoms with E-state index in [0.717, 1.165) is 25.7 Å². The number of ether oxygens (including phenoxy) is 3. The van der Waals surface area contributed by atoms with E-state index in [9.17, 15) is 4.79 Å². The second-order valence-electron chi connectivity index (χ2n) is 11.8. The van der Waals surface area contributed by atoms with Crippen molar-refractivity contribution in [2.75, 3.05) is 0 Å². The van der Waals surface area contributed by atoms with Crippen LogP contribution in [-0.2, 0) is 19.0 Å². The van der Waals surface area contributed by atoms with Crippen molar-refractivity contribution in [3.63, 3.8) is 0 Å². The summed E-state index contributed by atoms with van der Waals surface area (Å²) in [5.41, 5.74) is 0.677. The summed E-state index contributed by atoms with van der Waals surface area (Å²) in [4.78, 5) is 12.4. The van der Waals surface area contributed by atoms with Gasteiger partial charge in [-0.3, -0.25) is 0 Å². The number of carbonyl (C=O) groups excluding carboxylic acids is 1. The summed E-state index contributed by atoms with van der Waals surface area (Å²) < 4.78 is 17.9. The molecule has 0 aromatic rings. The highest BCUT2D eigenvalue weighted by atomic mass is 16.8. The molecule has 3 atom stereocenters. The zero-order valence-corrected chi connectivity index (χ0v) is 24.8. The first-order valence-electron chi connectivity index (χ1n) is 16.4.